The molecule has 0 atom stereocenters. The van der Waals surface area contributed by atoms with Crippen molar-refractivity contribution in [3.63, 3.8) is 0 Å². The molecule has 1 amide bonds. The minimum Gasteiger partial charge on any atom is -0.443 e. The Morgan fingerprint density at radius 3 is 2.73 bits per heavy atom. The van der Waals surface area contributed by atoms with Crippen molar-refractivity contribution < 1.29 is 9.53 Å². The average molecular weight is 314 g/mol. The molecule has 0 radical (unpaired) electrons. The zero-order chi connectivity index (χ0) is 11.6. The predicted molar refractivity (Wildman–Crippen MR) is 63.3 cm³/mol. The average Bonchev–Trinajstić information content (AvgIpc) is 2.25. The topological polar surface area (TPSA) is 65.2 Å². The Morgan fingerprint density at radius 2 is 2.33 bits per heavy atom. The number of primary amides is 1. The van der Waals surface area contributed by atoms with Gasteiger partial charge in [-0.1, -0.05) is 11.6 Å². The molecular formula is C8H10BrClN2O2S. The number of amides is 1. The monoisotopic (exact) mass is 312 g/mol. The summed E-state index contributed by atoms with van der Waals surface area (Å²) >= 11 is 10.4. The fraction of sp³-hybridized carbons (Fsp3) is 0.500. The molecule has 0 saturated heterocycles. The number of hydrogen-bond donors (Lipinski definition) is 1. The summed E-state index contributed by atoms with van der Waals surface area (Å²) in [5, 5.41) is 0.790. The molecule has 0 saturated carbocycles. The van der Waals surface area contributed by atoms with Crippen LogP contribution in [0.5, 0.6) is 0 Å². The summed E-state index contributed by atoms with van der Waals surface area (Å²) in [5.74, 6) is 0. The van der Waals surface area contributed by atoms with Crippen LogP contribution in [0.4, 0.5) is 4.79 Å². The van der Waals surface area contributed by atoms with Crippen LogP contribution < -0.4 is 5.73 Å². The lowest BCUT2D eigenvalue weighted by molar-refractivity contribution is 0.0460. The van der Waals surface area contributed by atoms with E-state index in [4.69, 9.17) is 22.1 Å². The summed E-state index contributed by atoms with van der Waals surface area (Å²) in [6, 6.07) is 0. The van der Waals surface area contributed by atoms with Gasteiger partial charge in [0.2, 0.25) is 0 Å². The second-order valence-electron chi connectivity index (χ2n) is 3.53. The Bertz CT molecular complexity index is 361. The summed E-state index contributed by atoms with van der Waals surface area (Å²) in [6.45, 7) is 3.53. The van der Waals surface area contributed by atoms with E-state index < -0.39 is 11.7 Å². The van der Waals surface area contributed by atoms with Crippen molar-refractivity contribution in [1.29, 1.82) is 0 Å². The molecule has 1 aromatic rings. The molecule has 0 fully saturated rings. The number of thiazole rings is 1. The molecule has 2 N–H and O–H groups in total. The minimum absolute atomic E-state index is 0.478. The SMILES string of the molecule is CC(C)(Cc1nc(Br)c(Cl)s1)OC(N)=O. The van der Waals surface area contributed by atoms with E-state index in [-0.39, 0.29) is 0 Å². The lowest BCUT2D eigenvalue weighted by Crippen LogP contribution is -2.33. The molecule has 1 rings (SSSR count). The summed E-state index contributed by atoms with van der Waals surface area (Å²) in [5.41, 5.74) is 4.28. The number of nitrogens with two attached hydrogens (primary N) is 1. The normalized spacial score (nSPS) is 11.5. The van der Waals surface area contributed by atoms with Gasteiger partial charge >= 0.3 is 6.09 Å². The van der Waals surface area contributed by atoms with Gasteiger partial charge in [-0.3, -0.25) is 0 Å². The minimum atomic E-state index is -0.790. The molecule has 84 valence electrons. The molecular weight excluding hydrogens is 304 g/mol. The number of ether oxygens (including phenoxy) is 1. The number of carbonyl (C=O) groups excluding carboxylic acids is 1. The fourth-order valence-electron chi connectivity index (χ4n) is 1.07. The van der Waals surface area contributed by atoms with Gasteiger partial charge in [0.05, 0.1) is 5.01 Å². The van der Waals surface area contributed by atoms with Crippen LogP contribution in [0.2, 0.25) is 4.34 Å². The maximum Gasteiger partial charge on any atom is 0.405 e. The van der Waals surface area contributed by atoms with Gasteiger partial charge in [-0.05, 0) is 29.8 Å². The molecule has 1 heterocycles. The second kappa shape index (κ2) is 4.67. The van der Waals surface area contributed by atoms with E-state index in [2.05, 4.69) is 20.9 Å². The van der Waals surface area contributed by atoms with E-state index in [1.807, 2.05) is 0 Å². The third kappa shape index (κ3) is 3.96. The third-order valence-electron chi connectivity index (χ3n) is 1.55. The number of halogens is 2. The lowest BCUT2D eigenvalue weighted by Gasteiger charge is -2.22. The Morgan fingerprint density at radius 1 is 1.73 bits per heavy atom. The predicted octanol–water partition coefficient (Wildman–Crippen LogP) is 2.98. The van der Waals surface area contributed by atoms with Crippen molar-refractivity contribution in [2.75, 3.05) is 0 Å². The van der Waals surface area contributed by atoms with Crippen LogP contribution in [0.15, 0.2) is 4.60 Å². The van der Waals surface area contributed by atoms with Crippen LogP contribution in [0.25, 0.3) is 0 Å². The molecule has 0 aliphatic heterocycles. The zero-order valence-electron chi connectivity index (χ0n) is 8.21. The highest BCUT2D eigenvalue weighted by molar-refractivity contribution is 9.10. The van der Waals surface area contributed by atoms with Gasteiger partial charge in [0.25, 0.3) is 0 Å². The zero-order valence-corrected chi connectivity index (χ0v) is 11.4. The Labute approximate surface area is 105 Å². The number of aromatic nitrogens is 1. The van der Waals surface area contributed by atoms with Gasteiger partial charge in [0, 0.05) is 6.42 Å². The third-order valence-corrected chi connectivity index (χ3v) is 3.87. The molecule has 0 bridgehead atoms. The first-order valence-electron chi connectivity index (χ1n) is 4.09. The molecule has 0 aliphatic carbocycles. The molecule has 15 heavy (non-hydrogen) atoms. The van der Waals surface area contributed by atoms with Crippen molar-refractivity contribution in [3.05, 3.63) is 13.9 Å². The van der Waals surface area contributed by atoms with Crippen molar-refractivity contribution in [1.82, 2.24) is 4.98 Å². The smallest absolute Gasteiger partial charge is 0.405 e. The molecule has 7 heteroatoms. The number of hydrogen-bond acceptors (Lipinski definition) is 4. The lowest BCUT2D eigenvalue weighted by atomic mass is 10.1. The van der Waals surface area contributed by atoms with Crippen molar-refractivity contribution in [2.24, 2.45) is 5.73 Å². The van der Waals surface area contributed by atoms with Gasteiger partial charge in [-0.2, -0.15) is 0 Å². The van der Waals surface area contributed by atoms with Crippen molar-refractivity contribution in [2.45, 2.75) is 25.9 Å². The largest absolute Gasteiger partial charge is 0.443 e. The molecule has 0 spiro atoms. The summed E-state index contributed by atoms with van der Waals surface area (Å²) in [7, 11) is 0. The molecule has 4 nitrogen and oxygen atoms in total. The van der Waals surface area contributed by atoms with Crippen LogP contribution in [0, 0.1) is 0 Å². The molecule has 0 unspecified atom stereocenters. The van der Waals surface area contributed by atoms with Crippen molar-refractivity contribution >= 4 is 45.0 Å². The standard InChI is InChI=1S/C8H10BrClN2O2S/c1-8(2,14-7(11)13)3-4-12-5(9)6(10)15-4/h3H2,1-2H3,(H2,11,13). The van der Waals surface area contributed by atoms with Gasteiger partial charge in [0.15, 0.2) is 0 Å². The maximum absolute atomic E-state index is 10.6. The molecule has 0 aromatic carbocycles. The fourth-order valence-corrected chi connectivity index (χ4v) is 2.85. The van der Waals surface area contributed by atoms with Crippen LogP contribution in [0.1, 0.15) is 18.9 Å². The number of rotatable bonds is 3. The maximum atomic E-state index is 10.6. The van der Waals surface area contributed by atoms with Crippen molar-refractivity contribution in [3.8, 4) is 0 Å². The van der Waals surface area contributed by atoms with E-state index in [1.165, 1.54) is 11.3 Å². The van der Waals surface area contributed by atoms with Crippen LogP contribution in [0.3, 0.4) is 0 Å². The van der Waals surface area contributed by atoms with Crippen LogP contribution in [-0.2, 0) is 11.2 Å². The first-order valence-corrected chi connectivity index (χ1v) is 6.08. The second-order valence-corrected chi connectivity index (χ2v) is 5.97. The highest BCUT2D eigenvalue weighted by atomic mass is 79.9. The van der Waals surface area contributed by atoms with E-state index in [1.54, 1.807) is 13.8 Å². The highest BCUT2D eigenvalue weighted by Gasteiger charge is 2.24. The van der Waals surface area contributed by atoms with E-state index in [0.29, 0.717) is 15.4 Å². The first-order chi connectivity index (χ1) is 6.80. The number of carbonyl (C=O) groups is 1. The quantitative estimate of drug-likeness (QED) is 0.933. The Kier molecular flexibility index (Phi) is 3.97. The van der Waals surface area contributed by atoms with E-state index >= 15 is 0 Å². The van der Waals surface area contributed by atoms with Gasteiger partial charge in [-0.25, -0.2) is 9.78 Å². The van der Waals surface area contributed by atoms with Crippen LogP contribution >= 0.6 is 38.9 Å². The number of nitrogens with zero attached hydrogens (tertiary/aromatic N) is 1. The molecule has 0 aliphatic rings. The summed E-state index contributed by atoms with van der Waals surface area (Å²) in [6.07, 6.45) is -0.312. The Balaban J connectivity index is 2.72. The molecule has 1 aromatic heterocycles. The highest BCUT2D eigenvalue weighted by Crippen LogP contribution is 2.31. The summed E-state index contributed by atoms with van der Waals surface area (Å²) in [4.78, 5) is 14.8. The van der Waals surface area contributed by atoms with Gasteiger partial charge in [-0.15, -0.1) is 11.3 Å². The van der Waals surface area contributed by atoms with Gasteiger partial charge in [0.1, 0.15) is 14.5 Å². The summed E-state index contributed by atoms with van der Waals surface area (Å²) < 4.78 is 6.13. The van der Waals surface area contributed by atoms with E-state index in [0.717, 1.165) is 5.01 Å². The Hall–Kier alpha value is -0.330. The van der Waals surface area contributed by atoms with E-state index in [9.17, 15) is 4.79 Å². The van der Waals surface area contributed by atoms with Crippen LogP contribution in [-0.4, -0.2) is 16.7 Å². The van der Waals surface area contributed by atoms with Gasteiger partial charge < -0.3 is 10.5 Å². The first kappa shape index (κ1) is 12.7.